The third-order valence-corrected chi connectivity index (χ3v) is 5.48. The normalized spacial score (nSPS) is 19.1. The fraction of sp³-hybridized carbons (Fsp3) is 0.533. The summed E-state index contributed by atoms with van der Waals surface area (Å²) in [6, 6.07) is 4.96. The summed E-state index contributed by atoms with van der Waals surface area (Å²) in [6.45, 7) is 0.445. The molecule has 1 saturated heterocycles. The molecule has 1 aliphatic heterocycles. The van der Waals surface area contributed by atoms with Gasteiger partial charge in [0.15, 0.2) is 21.3 Å². The molecule has 2 rings (SSSR count). The summed E-state index contributed by atoms with van der Waals surface area (Å²) in [5, 5.41) is 5.42. The number of hydrogen-bond donors (Lipinski definition) is 2. The van der Waals surface area contributed by atoms with Crippen molar-refractivity contribution in [3.05, 3.63) is 23.8 Å². The quantitative estimate of drug-likeness (QED) is 0.795. The van der Waals surface area contributed by atoms with Gasteiger partial charge in [0.25, 0.3) is 0 Å². The lowest BCUT2D eigenvalue weighted by Gasteiger charge is -2.13. The van der Waals surface area contributed by atoms with E-state index in [1.54, 1.807) is 14.2 Å². The van der Waals surface area contributed by atoms with E-state index < -0.39 is 9.84 Å². The second kappa shape index (κ2) is 7.54. The molecule has 7 nitrogen and oxygen atoms in total. The molecule has 1 aromatic carbocycles. The summed E-state index contributed by atoms with van der Waals surface area (Å²) in [5.41, 5.74) is 1.01. The minimum atomic E-state index is -2.99. The van der Waals surface area contributed by atoms with Crippen LogP contribution in [0, 0.1) is 0 Å². The van der Waals surface area contributed by atoms with Gasteiger partial charge in [0.05, 0.1) is 25.7 Å². The summed E-state index contributed by atoms with van der Waals surface area (Å²) < 4.78 is 33.1. The maximum absolute atomic E-state index is 11.8. The Morgan fingerprint density at radius 2 is 2.00 bits per heavy atom. The van der Waals surface area contributed by atoms with Gasteiger partial charge in [-0.1, -0.05) is 6.07 Å². The number of carbonyl (C=O) groups excluding carboxylic acids is 1. The number of carbonyl (C=O) groups is 1. The van der Waals surface area contributed by atoms with Crippen LogP contribution in [0.2, 0.25) is 0 Å². The first-order valence-corrected chi connectivity index (χ1v) is 9.21. The topological polar surface area (TPSA) is 93.7 Å². The van der Waals surface area contributed by atoms with Crippen molar-refractivity contribution in [2.45, 2.75) is 18.9 Å². The zero-order valence-corrected chi connectivity index (χ0v) is 14.1. The van der Waals surface area contributed by atoms with Gasteiger partial charge in [-0.2, -0.15) is 0 Å². The Bertz CT molecular complexity index is 660. The molecule has 1 aromatic rings. The van der Waals surface area contributed by atoms with E-state index in [4.69, 9.17) is 9.47 Å². The van der Waals surface area contributed by atoms with Crippen molar-refractivity contribution in [2.24, 2.45) is 0 Å². The number of nitrogens with one attached hydrogen (secondary N) is 2. The first kappa shape index (κ1) is 17.4. The lowest BCUT2D eigenvalue weighted by Crippen LogP contribution is -2.43. The largest absolute Gasteiger partial charge is 0.493 e. The molecule has 1 aliphatic rings. The van der Waals surface area contributed by atoms with Gasteiger partial charge in [0.1, 0.15) is 0 Å². The van der Waals surface area contributed by atoms with Crippen LogP contribution in [0.3, 0.4) is 0 Å². The Labute approximate surface area is 136 Å². The first-order valence-electron chi connectivity index (χ1n) is 7.39. The Hall–Kier alpha value is -1.96. The standard InChI is InChI=1S/C15H22N2O5S/c1-21-13-4-3-11(9-14(13)22-2)5-7-16-15(18)17-12-6-8-23(19,20)10-12/h3-4,9,12H,5-8,10H2,1-2H3,(H2,16,17,18)/t12-/m1/s1. The van der Waals surface area contributed by atoms with E-state index in [-0.39, 0.29) is 23.6 Å². The van der Waals surface area contributed by atoms with Crippen molar-refractivity contribution < 1.29 is 22.7 Å². The van der Waals surface area contributed by atoms with Gasteiger partial charge < -0.3 is 20.1 Å². The average molecular weight is 342 g/mol. The van der Waals surface area contributed by atoms with Crippen LogP contribution >= 0.6 is 0 Å². The molecule has 8 heteroatoms. The van der Waals surface area contributed by atoms with E-state index in [9.17, 15) is 13.2 Å². The van der Waals surface area contributed by atoms with Crippen LogP contribution < -0.4 is 20.1 Å². The monoisotopic (exact) mass is 342 g/mol. The van der Waals surface area contributed by atoms with Gasteiger partial charge in [0.2, 0.25) is 0 Å². The van der Waals surface area contributed by atoms with Crippen LogP contribution in [-0.4, -0.2) is 52.8 Å². The number of rotatable bonds is 6. The number of urea groups is 1. The maximum Gasteiger partial charge on any atom is 0.315 e. The van der Waals surface area contributed by atoms with Gasteiger partial charge in [-0.25, -0.2) is 13.2 Å². The molecule has 23 heavy (non-hydrogen) atoms. The smallest absolute Gasteiger partial charge is 0.315 e. The van der Waals surface area contributed by atoms with Crippen molar-refractivity contribution in [1.82, 2.24) is 10.6 Å². The van der Waals surface area contributed by atoms with Crippen LogP contribution in [-0.2, 0) is 16.3 Å². The molecule has 1 fully saturated rings. The van der Waals surface area contributed by atoms with E-state index in [1.165, 1.54) is 0 Å². The minimum Gasteiger partial charge on any atom is -0.493 e. The van der Waals surface area contributed by atoms with Gasteiger partial charge in [-0.3, -0.25) is 0 Å². The second-order valence-electron chi connectivity index (χ2n) is 5.44. The van der Waals surface area contributed by atoms with E-state index in [0.717, 1.165) is 5.56 Å². The maximum atomic E-state index is 11.8. The molecule has 0 spiro atoms. The van der Waals surface area contributed by atoms with E-state index in [1.807, 2.05) is 18.2 Å². The summed E-state index contributed by atoms with van der Waals surface area (Å²) >= 11 is 0. The highest BCUT2D eigenvalue weighted by molar-refractivity contribution is 7.91. The molecule has 0 radical (unpaired) electrons. The molecule has 0 unspecified atom stereocenters. The first-order chi connectivity index (χ1) is 10.9. The fourth-order valence-corrected chi connectivity index (χ4v) is 4.18. The summed E-state index contributed by atoms with van der Waals surface area (Å²) in [7, 11) is 0.161. The predicted octanol–water partition coefficient (Wildman–Crippen LogP) is 0.733. The highest BCUT2D eigenvalue weighted by atomic mass is 32.2. The zero-order valence-electron chi connectivity index (χ0n) is 13.3. The molecule has 2 N–H and O–H groups in total. The van der Waals surface area contributed by atoms with Crippen LogP contribution in [0.4, 0.5) is 4.79 Å². The van der Waals surface area contributed by atoms with Gasteiger partial charge in [-0.05, 0) is 30.5 Å². The number of methoxy groups -OCH3 is 2. The Morgan fingerprint density at radius 1 is 1.26 bits per heavy atom. The predicted molar refractivity (Wildman–Crippen MR) is 86.8 cm³/mol. The summed E-state index contributed by atoms with van der Waals surface area (Å²) in [4.78, 5) is 11.8. The third kappa shape index (κ3) is 5.02. The number of hydrogen-bond acceptors (Lipinski definition) is 5. The number of benzene rings is 1. The number of amides is 2. The molecule has 2 amide bonds. The third-order valence-electron chi connectivity index (χ3n) is 3.71. The molecule has 1 heterocycles. The lowest BCUT2D eigenvalue weighted by atomic mass is 10.1. The van der Waals surface area contributed by atoms with Crippen molar-refractivity contribution in [3.63, 3.8) is 0 Å². The molecule has 0 saturated carbocycles. The molecule has 128 valence electrons. The van der Waals surface area contributed by atoms with Crippen LogP contribution in [0.25, 0.3) is 0 Å². The van der Waals surface area contributed by atoms with Crippen molar-refractivity contribution in [2.75, 3.05) is 32.3 Å². The SMILES string of the molecule is COc1ccc(CCNC(=O)N[C@@H]2CCS(=O)(=O)C2)cc1OC. The molecule has 0 aliphatic carbocycles. The zero-order chi connectivity index (χ0) is 16.9. The van der Waals surface area contributed by atoms with Gasteiger partial charge in [0, 0.05) is 12.6 Å². The second-order valence-corrected chi connectivity index (χ2v) is 7.67. The van der Waals surface area contributed by atoms with Crippen molar-refractivity contribution >= 4 is 15.9 Å². The van der Waals surface area contributed by atoms with Gasteiger partial charge >= 0.3 is 6.03 Å². The van der Waals surface area contributed by atoms with E-state index in [2.05, 4.69) is 10.6 Å². The highest BCUT2D eigenvalue weighted by Crippen LogP contribution is 2.27. The van der Waals surface area contributed by atoms with E-state index >= 15 is 0 Å². The number of sulfone groups is 1. The summed E-state index contributed by atoms with van der Waals surface area (Å²) in [5.74, 6) is 1.47. The lowest BCUT2D eigenvalue weighted by molar-refractivity contribution is 0.238. The Kier molecular flexibility index (Phi) is 5.70. The Morgan fingerprint density at radius 3 is 2.61 bits per heavy atom. The van der Waals surface area contributed by atoms with Gasteiger partial charge in [-0.15, -0.1) is 0 Å². The molecular formula is C15H22N2O5S. The van der Waals surface area contributed by atoms with Crippen LogP contribution in [0.5, 0.6) is 11.5 Å². The fourth-order valence-electron chi connectivity index (χ4n) is 2.50. The molecular weight excluding hydrogens is 320 g/mol. The Balaban J connectivity index is 1.77. The highest BCUT2D eigenvalue weighted by Gasteiger charge is 2.28. The molecule has 0 aromatic heterocycles. The van der Waals surface area contributed by atoms with Crippen LogP contribution in [0.1, 0.15) is 12.0 Å². The average Bonchev–Trinajstić information content (AvgIpc) is 2.85. The summed E-state index contributed by atoms with van der Waals surface area (Å²) in [6.07, 6.45) is 1.11. The minimum absolute atomic E-state index is 0.0239. The van der Waals surface area contributed by atoms with Crippen LogP contribution in [0.15, 0.2) is 18.2 Å². The van der Waals surface area contributed by atoms with E-state index in [0.29, 0.717) is 30.9 Å². The molecule has 0 bridgehead atoms. The van der Waals surface area contributed by atoms with Crippen molar-refractivity contribution in [1.29, 1.82) is 0 Å². The number of ether oxygens (including phenoxy) is 2. The van der Waals surface area contributed by atoms with Crippen molar-refractivity contribution in [3.8, 4) is 11.5 Å². The molecule has 1 atom stereocenters.